The molecule has 2 N–H and O–H groups in total. The molecule has 1 fully saturated rings. The Morgan fingerprint density at radius 3 is 2.79 bits per heavy atom. The highest BCUT2D eigenvalue weighted by Gasteiger charge is 2.21. The summed E-state index contributed by atoms with van der Waals surface area (Å²) < 4.78 is 11.4. The number of guanidine groups is 1. The van der Waals surface area contributed by atoms with Crippen LogP contribution in [0.25, 0.3) is 0 Å². The molecule has 0 spiro atoms. The Bertz CT molecular complexity index is 579. The number of nitrogens with zero attached hydrogens (tertiary/aromatic N) is 1. The van der Waals surface area contributed by atoms with Gasteiger partial charge in [-0.15, -0.1) is 24.0 Å². The Labute approximate surface area is 165 Å². The molecule has 3 rings (SSSR count). The maximum absolute atomic E-state index is 6.32. The van der Waals surface area contributed by atoms with Gasteiger partial charge in [-0.05, 0) is 43.4 Å². The predicted octanol–water partition coefficient (Wildman–Crippen LogP) is 3.58. The van der Waals surface area contributed by atoms with Crippen molar-refractivity contribution in [2.24, 2.45) is 10.9 Å². The molecule has 0 saturated heterocycles. The van der Waals surface area contributed by atoms with Crippen LogP contribution in [0.4, 0.5) is 0 Å². The largest absolute Gasteiger partial charge is 0.489 e. The minimum Gasteiger partial charge on any atom is -0.489 e. The van der Waals surface area contributed by atoms with E-state index in [1.54, 1.807) is 0 Å². The quantitative estimate of drug-likeness (QED) is 0.396. The molecule has 0 bridgehead atoms. The zero-order valence-electron chi connectivity index (χ0n) is 13.9. The van der Waals surface area contributed by atoms with Crippen molar-refractivity contribution >= 4 is 41.5 Å². The van der Waals surface area contributed by atoms with Crippen LogP contribution in [0.3, 0.4) is 0 Å². The second-order valence-electron chi connectivity index (χ2n) is 5.97. The molecule has 1 aliphatic heterocycles. The zero-order chi connectivity index (χ0) is 16.1. The number of ether oxygens (including phenoxy) is 2. The first-order valence-electron chi connectivity index (χ1n) is 8.36. The van der Waals surface area contributed by atoms with E-state index < -0.39 is 0 Å². The summed E-state index contributed by atoms with van der Waals surface area (Å²) >= 11 is 6.32. The van der Waals surface area contributed by atoms with Crippen molar-refractivity contribution in [3.8, 4) is 11.5 Å². The molecule has 2 aliphatic rings. The molecule has 0 atom stereocenters. The average molecular weight is 466 g/mol. The summed E-state index contributed by atoms with van der Waals surface area (Å²) in [5, 5.41) is 7.25. The molecular weight excluding hydrogens is 441 g/mol. The van der Waals surface area contributed by atoms with Crippen LogP contribution < -0.4 is 20.1 Å². The van der Waals surface area contributed by atoms with Crippen molar-refractivity contribution in [2.75, 3.05) is 26.3 Å². The lowest BCUT2D eigenvalue weighted by molar-refractivity contribution is 0.297. The van der Waals surface area contributed by atoms with Crippen molar-refractivity contribution in [3.63, 3.8) is 0 Å². The third-order valence-corrected chi connectivity index (χ3v) is 4.16. The monoisotopic (exact) mass is 465 g/mol. The van der Waals surface area contributed by atoms with Crippen molar-refractivity contribution in [2.45, 2.75) is 32.7 Å². The fraction of sp³-hybridized carbons (Fsp3) is 0.588. The molecule has 1 aliphatic carbocycles. The van der Waals surface area contributed by atoms with Gasteiger partial charge in [0.1, 0.15) is 0 Å². The Hall–Kier alpha value is -0.890. The number of benzene rings is 1. The van der Waals surface area contributed by atoms with Crippen LogP contribution in [-0.2, 0) is 6.54 Å². The topological polar surface area (TPSA) is 54.9 Å². The first-order valence-corrected chi connectivity index (χ1v) is 8.74. The third-order valence-electron chi connectivity index (χ3n) is 3.88. The van der Waals surface area contributed by atoms with Crippen LogP contribution in [0.1, 0.15) is 31.7 Å². The summed E-state index contributed by atoms with van der Waals surface area (Å²) in [6.45, 7) is 5.75. The number of aliphatic imine (C=N–C) groups is 1. The van der Waals surface area contributed by atoms with Gasteiger partial charge >= 0.3 is 0 Å². The van der Waals surface area contributed by atoms with Crippen LogP contribution in [0.2, 0.25) is 5.02 Å². The van der Waals surface area contributed by atoms with Crippen molar-refractivity contribution in [1.82, 2.24) is 10.6 Å². The van der Waals surface area contributed by atoms with Gasteiger partial charge in [0.15, 0.2) is 17.5 Å². The van der Waals surface area contributed by atoms with E-state index in [0.29, 0.717) is 30.5 Å². The molecule has 0 aromatic heterocycles. The predicted molar refractivity (Wildman–Crippen MR) is 108 cm³/mol. The van der Waals surface area contributed by atoms with Gasteiger partial charge in [0.2, 0.25) is 0 Å². The van der Waals surface area contributed by atoms with E-state index in [-0.39, 0.29) is 24.0 Å². The smallest absolute Gasteiger partial charge is 0.191 e. The minimum atomic E-state index is 0. The number of halogens is 2. The Balaban J connectivity index is 0.00000208. The highest BCUT2D eigenvalue weighted by molar-refractivity contribution is 14.0. The highest BCUT2D eigenvalue weighted by Crippen LogP contribution is 2.38. The van der Waals surface area contributed by atoms with Gasteiger partial charge in [-0.25, -0.2) is 4.99 Å². The second kappa shape index (κ2) is 9.56. The van der Waals surface area contributed by atoms with Crippen molar-refractivity contribution in [3.05, 3.63) is 22.7 Å². The summed E-state index contributed by atoms with van der Waals surface area (Å²) in [7, 11) is 0. The molecule has 134 valence electrons. The summed E-state index contributed by atoms with van der Waals surface area (Å²) in [6.07, 6.45) is 3.52. The van der Waals surface area contributed by atoms with Crippen molar-refractivity contribution in [1.29, 1.82) is 0 Å². The lowest BCUT2D eigenvalue weighted by Gasteiger charge is -2.12. The number of hydrogen-bond donors (Lipinski definition) is 2. The maximum Gasteiger partial charge on any atom is 0.191 e. The van der Waals surface area contributed by atoms with E-state index >= 15 is 0 Å². The Kier molecular flexibility index (Phi) is 7.74. The summed E-state index contributed by atoms with van der Waals surface area (Å²) in [5.41, 5.74) is 1.02. The van der Waals surface area contributed by atoms with E-state index in [4.69, 9.17) is 21.1 Å². The van der Waals surface area contributed by atoms with Gasteiger partial charge in [-0.3, -0.25) is 0 Å². The van der Waals surface area contributed by atoms with E-state index in [1.165, 1.54) is 12.8 Å². The molecule has 24 heavy (non-hydrogen) atoms. The number of fused-ring (bicyclic) bond motifs is 1. The van der Waals surface area contributed by atoms with Gasteiger partial charge in [0.05, 0.1) is 24.8 Å². The van der Waals surface area contributed by atoms with E-state index in [2.05, 4.69) is 22.5 Å². The molecule has 0 unspecified atom stereocenters. The lowest BCUT2D eigenvalue weighted by Crippen LogP contribution is -2.38. The third kappa shape index (κ3) is 5.58. The lowest BCUT2D eigenvalue weighted by atomic mass is 10.2. The van der Waals surface area contributed by atoms with Crippen LogP contribution in [0.5, 0.6) is 11.5 Å². The normalized spacial score (nSPS) is 16.8. The summed E-state index contributed by atoms with van der Waals surface area (Å²) in [4.78, 5) is 4.64. The van der Waals surface area contributed by atoms with Gasteiger partial charge in [-0.2, -0.15) is 0 Å². The fourth-order valence-corrected chi connectivity index (χ4v) is 2.74. The molecular formula is C17H25ClIN3O2. The first kappa shape index (κ1) is 19.4. The van der Waals surface area contributed by atoms with E-state index in [9.17, 15) is 0 Å². The minimum absolute atomic E-state index is 0. The molecule has 0 radical (unpaired) electrons. The number of hydrogen-bond acceptors (Lipinski definition) is 3. The maximum atomic E-state index is 6.32. The fourth-order valence-electron chi connectivity index (χ4n) is 2.45. The first-order chi connectivity index (χ1) is 11.3. The molecule has 5 nitrogen and oxygen atoms in total. The van der Waals surface area contributed by atoms with E-state index in [0.717, 1.165) is 42.7 Å². The van der Waals surface area contributed by atoms with Gasteiger partial charge in [0, 0.05) is 19.5 Å². The van der Waals surface area contributed by atoms with Crippen molar-refractivity contribution < 1.29 is 9.47 Å². The summed E-state index contributed by atoms with van der Waals surface area (Å²) in [5.74, 6) is 3.03. The molecule has 0 amide bonds. The van der Waals surface area contributed by atoms with E-state index in [1.807, 2.05) is 12.1 Å². The number of nitrogens with one attached hydrogen (secondary N) is 2. The Morgan fingerprint density at radius 1 is 1.25 bits per heavy atom. The standard InChI is InChI=1S/C17H24ClN3O2.HI/c1-2-19-17(20-10-12-4-5-12)21-11-13-8-14(18)16-15(9-13)22-6-3-7-23-16;/h8-9,12H,2-7,10-11H2,1H3,(H2,19,20,21);1H. The van der Waals surface area contributed by atoms with Gasteiger partial charge in [-0.1, -0.05) is 11.6 Å². The average Bonchev–Trinajstić information content (AvgIpc) is 3.36. The van der Waals surface area contributed by atoms with Crippen LogP contribution in [0, 0.1) is 5.92 Å². The van der Waals surface area contributed by atoms with Gasteiger partial charge < -0.3 is 20.1 Å². The summed E-state index contributed by atoms with van der Waals surface area (Å²) in [6, 6.07) is 3.88. The number of rotatable bonds is 5. The molecule has 1 saturated carbocycles. The SMILES string of the molecule is CCNC(=NCc1cc(Cl)c2c(c1)OCCCO2)NCC1CC1.I. The Morgan fingerprint density at radius 2 is 2.04 bits per heavy atom. The van der Waals surface area contributed by atoms with Gasteiger partial charge in [0.25, 0.3) is 0 Å². The van der Waals surface area contributed by atoms with Crippen LogP contribution in [-0.4, -0.2) is 32.3 Å². The highest BCUT2D eigenvalue weighted by atomic mass is 127. The molecule has 1 heterocycles. The molecule has 1 aromatic carbocycles. The second-order valence-corrected chi connectivity index (χ2v) is 6.38. The molecule has 7 heteroatoms. The van der Waals surface area contributed by atoms with Crippen LogP contribution in [0.15, 0.2) is 17.1 Å². The van der Waals surface area contributed by atoms with Crippen LogP contribution >= 0.6 is 35.6 Å². The zero-order valence-corrected chi connectivity index (χ0v) is 17.0. The molecule has 1 aromatic rings.